The van der Waals surface area contributed by atoms with Gasteiger partial charge in [0.15, 0.2) is 0 Å². The number of nitrogens with one attached hydrogen (secondary N) is 1. The quantitative estimate of drug-likeness (QED) is 0.492. The first-order valence-corrected chi connectivity index (χ1v) is 11.8. The zero-order valence-corrected chi connectivity index (χ0v) is 19.8. The van der Waals surface area contributed by atoms with Crippen LogP contribution in [0, 0.1) is 12.8 Å². The molecule has 4 rings (SSSR count). The number of carbonyl (C=O) groups excluding carboxylic acids is 2. The van der Waals surface area contributed by atoms with Gasteiger partial charge in [-0.05, 0) is 49.9 Å². The number of nitrogens with zero attached hydrogens (tertiary/aromatic N) is 3. The van der Waals surface area contributed by atoms with Gasteiger partial charge in [0.25, 0.3) is 5.91 Å². The number of amides is 2. The fourth-order valence-corrected chi connectivity index (χ4v) is 4.28. The van der Waals surface area contributed by atoms with Crippen LogP contribution in [-0.2, 0) is 16.1 Å². The van der Waals surface area contributed by atoms with Crippen LogP contribution in [0.15, 0.2) is 48.8 Å². The van der Waals surface area contributed by atoms with E-state index in [1.54, 1.807) is 13.2 Å². The predicted molar refractivity (Wildman–Crippen MR) is 129 cm³/mol. The summed E-state index contributed by atoms with van der Waals surface area (Å²) in [6.07, 6.45) is 6.01. The lowest BCUT2D eigenvalue weighted by molar-refractivity contribution is -0.126. The van der Waals surface area contributed by atoms with Crippen LogP contribution in [-0.4, -0.2) is 59.4 Å². The van der Waals surface area contributed by atoms with Crippen LogP contribution in [0.1, 0.15) is 40.9 Å². The molecule has 8 nitrogen and oxygen atoms in total. The highest BCUT2D eigenvalue weighted by atomic mass is 16.5. The van der Waals surface area contributed by atoms with Gasteiger partial charge < -0.3 is 24.1 Å². The summed E-state index contributed by atoms with van der Waals surface area (Å²) < 4.78 is 13.0. The number of benzene rings is 1. The van der Waals surface area contributed by atoms with Gasteiger partial charge in [0.1, 0.15) is 18.0 Å². The SMILES string of the molecule is COCCCNC(=O)C1CCN(C(=O)c2ccccc2OCc2cn3cccc(C)c3n2)CC1. The van der Waals surface area contributed by atoms with E-state index >= 15 is 0 Å². The predicted octanol–water partition coefficient (Wildman–Crippen LogP) is 3.23. The molecule has 1 aliphatic heterocycles. The topological polar surface area (TPSA) is 85.2 Å². The second-order valence-electron chi connectivity index (χ2n) is 8.64. The number of ether oxygens (including phenoxy) is 2. The van der Waals surface area contributed by atoms with Crippen LogP contribution in [0.5, 0.6) is 5.75 Å². The molecule has 180 valence electrons. The first-order valence-electron chi connectivity index (χ1n) is 11.8. The van der Waals surface area contributed by atoms with Crippen LogP contribution < -0.4 is 10.1 Å². The Morgan fingerprint density at radius 1 is 1.15 bits per heavy atom. The molecule has 34 heavy (non-hydrogen) atoms. The molecule has 1 aromatic carbocycles. The molecule has 8 heteroatoms. The summed E-state index contributed by atoms with van der Waals surface area (Å²) >= 11 is 0. The first kappa shape index (κ1) is 23.8. The molecule has 1 aliphatic rings. The minimum absolute atomic E-state index is 0.0587. The van der Waals surface area contributed by atoms with Gasteiger partial charge in [-0.15, -0.1) is 0 Å². The highest BCUT2D eigenvalue weighted by Crippen LogP contribution is 2.25. The van der Waals surface area contributed by atoms with Gasteiger partial charge in [-0.2, -0.15) is 0 Å². The van der Waals surface area contributed by atoms with E-state index in [-0.39, 0.29) is 24.3 Å². The molecule has 0 bridgehead atoms. The van der Waals surface area contributed by atoms with Crippen LogP contribution in [0.3, 0.4) is 0 Å². The maximum atomic E-state index is 13.2. The zero-order chi connectivity index (χ0) is 23.9. The number of pyridine rings is 1. The Bertz CT molecular complexity index is 1130. The van der Waals surface area contributed by atoms with Crippen molar-refractivity contribution in [2.24, 2.45) is 5.92 Å². The van der Waals surface area contributed by atoms with E-state index in [9.17, 15) is 9.59 Å². The van der Waals surface area contributed by atoms with Gasteiger partial charge in [-0.1, -0.05) is 18.2 Å². The van der Waals surface area contributed by atoms with Gasteiger partial charge in [0.2, 0.25) is 5.91 Å². The summed E-state index contributed by atoms with van der Waals surface area (Å²) in [5, 5.41) is 2.97. The Kier molecular flexibility index (Phi) is 7.80. The Balaban J connectivity index is 1.34. The van der Waals surface area contributed by atoms with Gasteiger partial charge in [0, 0.05) is 51.7 Å². The molecule has 0 unspecified atom stereocenters. The number of hydrogen-bond donors (Lipinski definition) is 1. The van der Waals surface area contributed by atoms with Crippen molar-refractivity contribution < 1.29 is 19.1 Å². The van der Waals surface area contributed by atoms with E-state index in [0.29, 0.717) is 50.4 Å². The number of para-hydroxylation sites is 1. The molecule has 3 aromatic rings. The molecule has 0 atom stereocenters. The number of hydrogen-bond acceptors (Lipinski definition) is 5. The zero-order valence-electron chi connectivity index (χ0n) is 19.8. The number of methoxy groups -OCH3 is 1. The minimum Gasteiger partial charge on any atom is -0.486 e. The number of aromatic nitrogens is 2. The third-order valence-corrected chi connectivity index (χ3v) is 6.20. The standard InChI is InChI=1S/C26H32N4O4/c1-19-7-5-13-30-17-21(28-24(19)30)18-34-23-9-4-3-8-22(23)26(32)29-14-10-20(11-15-29)25(31)27-12-6-16-33-2/h3-5,7-9,13,17,20H,6,10-12,14-16,18H2,1-2H3,(H,27,31). The highest BCUT2D eigenvalue weighted by molar-refractivity contribution is 5.97. The smallest absolute Gasteiger partial charge is 0.257 e. The molecule has 0 saturated carbocycles. The Labute approximate surface area is 199 Å². The Hall–Kier alpha value is -3.39. The van der Waals surface area contributed by atoms with Crippen molar-refractivity contribution in [3.05, 3.63) is 65.6 Å². The third kappa shape index (κ3) is 5.56. The van der Waals surface area contributed by atoms with E-state index in [4.69, 9.17) is 9.47 Å². The van der Waals surface area contributed by atoms with Gasteiger partial charge in [-0.25, -0.2) is 4.98 Å². The van der Waals surface area contributed by atoms with Crippen LogP contribution in [0.25, 0.3) is 5.65 Å². The van der Waals surface area contributed by atoms with E-state index in [2.05, 4.69) is 10.3 Å². The summed E-state index contributed by atoms with van der Waals surface area (Å²) in [4.78, 5) is 32.1. The van der Waals surface area contributed by atoms with Gasteiger partial charge >= 0.3 is 0 Å². The van der Waals surface area contributed by atoms with E-state index in [1.165, 1.54) is 0 Å². The lowest BCUT2D eigenvalue weighted by Gasteiger charge is -2.31. The molecule has 0 radical (unpaired) electrons. The van der Waals surface area contributed by atoms with Crippen LogP contribution >= 0.6 is 0 Å². The fraction of sp³-hybridized carbons (Fsp3) is 0.423. The normalized spacial score (nSPS) is 14.4. The van der Waals surface area contributed by atoms with Crippen molar-refractivity contribution in [2.75, 3.05) is 33.4 Å². The van der Waals surface area contributed by atoms with Gasteiger partial charge in [0.05, 0.1) is 11.3 Å². The molecule has 0 spiro atoms. The molecule has 0 aliphatic carbocycles. The maximum absolute atomic E-state index is 13.2. The largest absolute Gasteiger partial charge is 0.486 e. The van der Waals surface area contributed by atoms with Crippen molar-refractivity contribution in [1.82, 2.24) is 19.6 Å². The number of aryl methyl sites for hydroxylation is 1. The average Bonchev–Trinajstić information content (AvgIpc) is 3.30. The minimum atomic E-state index is -0.0691. The van der Waals surface area contributed by atoms with Crippen molar-refractivity contribution in [3.63, 3.8) is 0 Å². The van der Waals surface area contributed by atoms with Crippen molar-refractivity contribution in [1.29, 1.82) is 0 Å². The van der Waals surface area contributed by atoms with Crippen molar-refractivity contribution in [2.45, 2.75) is 32.8 Å². The number of carbonyl (C=O) groups is 2. The number of rotatable bonds is 9. The van der Waals surface area contributed by atoms with E-state index < -0.39 is 0 Å². The van der Waals surface area contributed by atoms with Crippen LogP contribution in [0.4, 0.5) is 0 Å². The summed E-state index contributed by atoms with van der Waals surface area (Å²) in [6, 6.07) is 11.3. The molecule has 1 fully saturated rings. The highest BCUT2D eigenvalue weighted by Gasteiger charge is 2.28. The summed E-state index contributed by atoms with van der Waals surface area (Å²) in [6.45, 7) is 4.64. The number of likely N-dealkylation sites (tertiary alicyclic amines) is 1. The summed E-state index contributed by atoms with van der Waals surface area (Å²) in [5.74, 6) is 0.478. The molecule has 1 N–H and O–H groups in total. The summed E-state index contributed by atoms with van der Waals surface area (Å²) in [7, 11) is 1.65. The summed E-state index contributed by atoms with van der Waals surface area (Å²) in [5.41, 5.74) is 3.33. The second kappa shape index (κ2) is 11.2. The number of fused-ring (bicyclic) bond motifs is 1. The fourth-order valence-electron chi connectivity index (χ4n) is 4.28. The van der Waals surface area contributed by atoms with Crippen molar-refractivity contribution >= 4 is 17.5 Å². The molecule has 2 amide bonds. The van der Waals surface area contributed by atoms with Crippen molar-refractivity contribution in [3.8, 4) is 5.75 Å². The molecular formula is C26H32N4O4. The molecule has 3 heterocycles. The second-order valence-corrected chi connectivity index (χ2v) is 8.64. The van der Waals surface area contributed by atoms with Gasteiger partial charge in [-0.3, -0.25) is 9.59 Å². The molecular weight excluding hydrogens is 432 g/mol. The Morgan fingerprint density at radius 2 is 1.94 bits per heavy atom. The molecule has 1 saturated heterocycles. The number of imidazole rings is 1. The number of piperidine rings is 1. The lowest BCUT2D eigenvalue weighted by Crippen LogP contribution is -2.43. The van der Waals surface area contributed by atoms with Crippen LogP contribution in [0.2, 0.25) is 0 Å². The first-order chi connectivity index (χ1) is 16.6. The Morgan fingerprint density at radius 3 is 2.71 bits per heavy atom. The van der Waals surface area contributed by atoms with E-state index in [0.717, 1.165) is 23.3 Å². The lowest BCUT2D eigenvalue weighted by atomic mass is 9.95. The maximum Gasteiger partial charge on any atom is 0.257 e. The monoisotopic (exact) mass is 464 g/mol. The third-order valence-electron chi connectivity index (χ3n) is 6.20. The molecule has 2 aromatic heterocycles. The van der Waals surface area contributed by atoms with E-state index in [1.807, 2.05) is 58.9 Å². The average molecular weight is 465 g/mol.